The number of benzene rings is 1. The van der Waals surface area contributed by atoms with Crippen molar-refractivity contribution in [1.82, 2.24) is 21.1 Å². The van der Waals surface area contributed by atoms with Crippen LogP contribution in [0.1, 0.15) is 72.8 Å². The minimum absolute atomic E-state index is 0.0190. The summed E-state index contributed by atoms with van der Waals surface area (Å²) in [5.74, 6) is -5.07. The van der Waals surface area contributed by atoms with Crippen LogP contribution in [0, 0.1) is 24.6 Å². The van der Waals surface area contributed by atoms with Crippen molar-refractivity contribution in [2.45, 2.75) is 70.9 Å². The molecule has 3 rings (SSSR count). The molecule has 0 radical (unpaired) electrons. The first-order valence-corrected chi connectivity index (χ1v) is 13.6. The molecule has 1 aromatic heterocycles. The molecule has 0 bridgehead atoms. The number of hydrogen-bond donors (Lipinski definition) is 5. The minimum Gasteiger partial charge on any atom is -0.368 e. The highest BCUT2D eigenvalue weighted by atomic mass is 19.1. The fourth-order valence-corrected chi connectivity index (χ4v) is 4.99. The molecule has 1 aliphatic heterocycles. The van der Waals surface area contributed by atoms with E-state index in [2.05, 4.69) is 21.1 Å². The predicted octanol–water partition coefficient (Wildman–Crippen LogP) is 0.965. The van der Waals surface area contributed by atoms with E-state index >= 15 is 0 Å². The van der Waals surface area contributed by atoms with Crippen molar-refractivity contribution >= 4 is 29.5 Å². The van der Waals surface area contributed by atoms with E-state index in [1.807, 2.05) is 13.8 Å². The Morgan fingerprint density at radius 1 is 1.10 bits per heavy atom. The van der Waals surface area contributed by atoms with E-state index in [0.29, 0.717) is 18.5 Å². The van der Waals surface area contributed by atoms with Crippen molar-refractivity contribution in [2.24, 2.45) is 23.3 Å². The number of piperidine rings is 1. The van der Waals surface area contributed by atoms with Crippen LogP contribution < -0.4 is 27.4 Å². The van der Waals surface area contributed by atoms with Crippen molar-refractivity contribution < 1.29 is 32.9 Å². The molecule has 0 unspecified atom stereocenters. The van der Waals surface area contributed by atoms with Gasteiger partial charge >= 0.3 is 0 Å². The first-order valence-electron chi connectivity index (χ1n) is 13.6. The maximum atomic E-state index is 13.8. The second kappa shape index (κ2) is 13.9. The zero-order valence-electron chi connectivity index (χ0n) is 23.4. The van der Waals surface area contributed by atoms with Gasteiger partial charge in [-0.05, 0) is 62.6 Å². The Morgan fingerprint density at radius 3 is 2.34 bits per heavy atom. The third kappa shape index (κ3) is 8.35. The van der Waals surface area contributed by atoms with Gasteiger partial charge in [0.25, 0.3) is 5.91 Å². The lowest BCUT2D eigenvalue weighted by atomic mass is 9.88. The van der Waals surface area contributed by atoms with E-state index in [9.17, 15) is 28.4 Å². The van der Waals surface area contributed by atoms with Gasteiger partial charge in [-0.15, -0.1) is 0 Å². The Morgan fingerprint density at radius 2 is 1.76 bits per heavy atom. The standard InChI is InChI=1S/C28H37FN6O6/c1-14(2)11-21(28(40)33-20(24(30)36)13-17-5-4-10-32-26(17)38)34-27(39)19(12-16-6-8-18(29)9-7-16)22-15(3)41-35-23(22)25(31)37/h6-9,14,17,19-21H,4-5,10-13H2,1-3H3,(H2,30,36)(H2,31,37)(H,32,38)(H,33,40)(H,34,39)/t17-,19-,20-,21-/m0/s1. The van der Waals surface area contributed by atoms with E-state index < -0.39 is 53.4 Å². The Balaban J connectivity index is 1.87. The lowest BCUT2D eigenvalue weighted by molar-refractivity contribution is -0.133. The monoisotopic (exact) mass is 572 g/mol. The second-order valence-electron chi connectivity index (χ2n) is 10.8. The van der Waals surface area contributed by atoms with Gasteiger partial charge in [-0.1, -0.05) is 31.1 Å². The number of aromatic nitrogens is 1. The molecule has 41 heavy (non-hydrogen) atoms. The molecular weight excluding hydrogens is 535 g/mol. The topological polar surface area (TPSA) is 200 Å². The molecule has 1 aromatic carbocycles. The third-order valence-electron chi connectivity index (χ3n) is 7.08. The first-order chi connectivity index (χ1) is 19.4. The molecule has 222 valence electrons. The van der Waals surface area contributed by atoms with Gasteiger partial charge in [0.2, 0.25) is 23.6 Å². The molecule has 1 saturated heterocycles. The summed E-state index contributed by atoms with van der Waals surface area (Å²) in [4.78, 5) is 63.7. The minimum atomic E-state index is -1.13. The van der Waals surface area contributed by atoms with Gasteiger partial charge in [0.15, 0.2) is 5.69 Å². The highest BCUT2D eigenvalue weighted by Gasteiger charge is 2.35. The Labute approximate surface area is 237 Å². The third-order valence-corrected chi connectivity index (χ3v) is 7.08. The zero-order chi connectivity index (χ0) is 30.3. The summed E-state index contributed by atoms with van der Waals surface area (Å²) in [5, 5.41) is 11.8. The van der Waals surface area contributed by atoms with Crippen molar-refractivity contribution in [3.8, 4) is 0 Å². The molecule has 12 nitrogen and oxygen atoms in total. The average molecular weight is 573 g/mol. The van der Waals surface area contributed by atoms with Crippen LogP contribution in [0.5, 0.6) is 0 Å². The number of rotatable bonds is 13. The summed E-state index contributed by atoms with van der Waals surface area (Å²) in [6, 6.07) is 3.27. The fraction of sp³-hybridized carbons (Fsp3) is 0.500. The lowest BCUT2D eigenvalue weighted by Gasteiger charge is -2.28. The first kappa shape index (κ1) is 31.2. The molecule has 0 spiro atoms. The summed E-state index contributed by atoms with van der Waals surface area (Å²) >= 11 is 0. The Bertz CT molecular complexity index is 1280. The highest BCUT2D eigenvalue weighted by Crippen LogP contribution is 2.28. The predicted molar refractivity (Wildman–Crippen MR) is 145 cm³/mol. The van der Waals surface area contributed by atoms with Crippen molar-refractivity contribution in [1.29, 1.82) is 0 Å². The van der Waals surface area contributed by atoms with Crippen LogP contribution in [0.15, 0.2) is 28.8 Å². The number of nitrogens with zero attached hydrogens (tertiary/aromatic N) is 1. The molecule has 1 fully saturated rings. The largest absolute Gasteiger partial charge is 0.368 e. The molecule has 0 saturated carbocycles. The second-order valence-corrected chi connectivity index (χ2v) is 10.8. The number of nitrogens with one attached hydrogen (secondary N) is 3. The average Bonchev–Trinajstić information content (AvgIpc) is 3.29. The number of amides is 5. The van der Waals surface area contributed by atoms with E-state index in [4.69, 9.17) is 16.0 Å². The molecule has 7 N–H and O–H groups in total. The van der Waals surface area contributed by atoms with E-state index in [-0.39, 0.29) is 48.1 Å². The number of aryl methyl sites for hydroxylation is 1. The van der Waals surface area contributed by atoms with Crippen molar-refractivity contribution in [3.63, 3.8) is 0 Å². The molecular formula is C28H37FN6O6. The summed E-state index contributed by atoms with van der Waals surface area (Å²) in [6.45, 7) is 5.79. The van der Waals surface area contributed by atoms with Crippen LogP contribution >= 0.6 is 0 Å². The highest BCUT2D eigenvalue weighted by molar-refractivity contribution is 5.97. The van der Waals surface area contributed by atoms with E-state index in [1.54, 1.807) is 0 Å². The van der Waals surface area contributed by atoms with Gasteiger partial charge in [0, 0.05) is 18.0 Å². The summed E-state index contributed by atoms with van der Waals surface area (Å²) in [7, 11) is 0. The molecule has 2 heterocycles. The normalized spacial score (nSPS) is 17.3. The summed E-state index contributed by atoms with van der Waals surface area (Å²) in [6.07, 6.45) is 1.56. The van der Waals surface area contributed by atoms with Crippen LogP contribution in [0.25, 0.3) is 0 Å². The van der Waals surface area contributed by atoms with Gasteiger partial charge in [-0.25, -0.2) is 4.39 Å². The number of hydrogen-bond acceptors (Lipinski definition) is 7. The van der Waals surface area contributed by atoms with Crippen LogP contribution in [-0.2, 0) is 25.6 Å². The molecule has 0 aliphatic carbocycles. The van der Waals surface area contributed by atoms with Gasteiger partial charge < -0.3 is 31.9 Å². The molecule has 13 heteroatoms. The number of carbonyl (C=O) groups is 5. The number of halogens is 1. The van der Waals surface area contributed by atoms with Gasteiger partial charge in [0.05, 0.1) is 5.92 Å². The summed E-state index contributed by atoms with van der Waals surface area (Å²) in [5.41, 5.74) is 11.5. The zero-order valence-corrected chi connectivity index (χ0v) is 23.4. The Hall–Kier alpha value is -4.29. The van der Waals surface area contributed by atoms with Gasteiger partial charge in [0.1, 0.15) is 23.7 Å². The lowest BCUT2D eigenvalue weighted by Crippen LogP contribution is -2.55. The molecule has 4 atom stereocenters. The molecule has 2 aromatic rings. The SMILES string of the molecule is Cc1onc(C(N)=O)c1[C@H](Cc1ccc(F)cc1)C(=O)N[C@@H](CC(C)C)C(=O)N[C@@H](C[C@@H]1CCCNC1=O)C(N)=O. The van der Waals surface area contributed by atoms with Gasteiger partial charge in [-0.3, -0.25) is 24.0 Å². The molecule has 5 amide bonds. The number of carbonyl (C=O) groups excluding carboxylic acids is 5. The van der Waals surface area contributed by atoms with E-state index in [1.165, 1.54) is 31.2 Å². The van der Waals surface area contributed by atoms with Crippen molar-refractivity contribution in [2.75, 3.05) is 6.54 Å². The Kier molecular flexibility index (Phi) is 10.6. The van der Waals surface area contributed by atoms with E-state index in [0.717, 1.165) is 6.42 Å². The number of nitrogens with two attached hydrogens (primary N) is 2. The van der Waals surface area contributed by atoms with Crippen molar-refractivity contribution in [3.05, 3.63) is 52.7 Å². The van der Waals surface area contributed by atoms with Crippen LogP contribution in [0.3, 0.4) is 0 Å². The van der Waals surface area contributed by atoms with Crippen LogP contribution in [-0.4, -0.2) is 53.3 Å². The maximum absolute atomic E-state index is 13.8. The maximum Gasteiger partial charge on any atom is 0.271 e. The van der Waals surface area contributed by atoms with Crippen LogP contribution in [0.4, 0.5) is 4.39 Å². The summed E-state index contributed by atoms with van der Waals surface area (Å²) < 4.78 is 18.7. The smallest absolute Gasteiger partial charge is 0.271 e. The quantitative estimate of drug-likeness (QED) is 0.235. The fourth-order valence-electron chi connectivity index (χ4n) is 4.99. The van der Waals surface area contributed by atoms with Gasteiger partial charge in [-0.2, -0.15) is 0 Å². The molecule has 1 aliphatic rings. The number of primary amides is 2. The van der Waals surface area contributed by atoms with Crippen LogP contribution in [0.2, 0.25) is 0 Å².